The molecular formula is C125H217FN10O14. The number of methoxy groups -OCH3 is 3. The lowest BCUT2D eigenvalue weighted by molar-refractivity contribution is -0.194. The molecule has 0 aromatic carbocycles. The minimum Gasteiger partial charge on any atom is -0.472 e. The average Bonchev–Trinajstić information content (AvgIpc) is 0.804. The molecule has 12 aliphatic heterocycles. The van der Waals surface area contributed by atoms with E-state index in [9.17, 15) is 28.7 Å². The fourth-order valence-corrected chi connectivity index (χ4v) is 17.1. The summed E-state index contributed by atoms with van der Waals surface area (Å²) < 4.78 is 55.8. The van der Waals surface area contributed by atoms with E-state index < -0.39 is 40.8 Å². The Morgan fingerprint density at radius 2 is 0.787 bits per heavy atom. The Morgan fingerprint density at radius 1 is 0.407 bits per heavy atom. The highest BCUT2D eigenvalue weighted by molar-refractivity contribution is 5.88. The van der Waals surface area contributed by atoms with Crippen LogP contribution in [0.4, 0.5) is 4.39 Å². The van der Waals surface area contributed by atoms with Gasteiger partial charge in [0.1, 0.15) is 19.3 Å². The van der Waals surface area contributed by atoms with Crippen molar-refractivity contribution in [2.75, 3.05) is 219 Å². The van der Waals surface area contributed by atoms with Gasteiger partial charge >= 0.3 is 17.9 Å². The number of hydrogen-bond donors (Lipinski definition) is 4. The molecule has 0 unspecified atom stereocenters. The first kappa shape index (κ1) is 140. The minimum atomic E-state index is -1.25. The number of β-amino-alcohol motifs (C(OH)–C–C–N with tert-alkyl or cyclic N) is 1. The van der Waals surface area contributed by atoms with E-state index in [2.05, 4.69) is 305 Å². The maximum Gasteiger partial charge on any atom is 0.384 e. The molecule has 24 nitrogen and oxygen atoms in total. The topological polar surface area (TPSA) is 247 Å². The number of halogens is 1. The molecule has 0 aromatic heterocycles. The van der Waals surface area contributed by atoms with Crippen molar-refractivity contribution in [3.63, 3.8) is 0 Å². The molecule has 3 spiro atoms. The summed E-state index contributed by atoms with van der Waals surface area (Å²) >= 11 is 0. The van der Waals surface area contributed by atoms with Crippen LogP contribution in [0.3, 0.4) is 0 Å². The molecular weight excluding hydrogens is 1880 g/mol. The molecule has 0 aromatic rings. The van der Waals surface area contributed by atoms with E-state index >= 15 is 0 Å². The molecule has 12 rings (SSSR count). The van der Waals surface area contributed by atoms with Gasteiger partial charge in [-0.3, -0.25) is 29.2 Å². The number of esters is 2. The number of nitrogens with zero attached hydrogens (tertiary/aromatic N) is 8. The molecule has 0 bridgehead atoms. The van der Waals surface area contributed by atoms with Crippen LogP contribution in [0.15, 0.2) is 0 Å². The van der Waals surface area contributed by atoms with Crippen LogP contribution in [0.1, 0.15) is 335 Å². The first-order valence-corrected chi connectivity index (χ1v) is 55.5. The number of piperazine rings is 1. The quantitative estimate of drug-likeness (QED) is 0.0952. The van der Waals surface area contributed by atoms with Crippen molar-refractivity contribution in [1.29, 1.82) is 0 Å². The largest absolute Gasteiger partial charge is 0.472 e. The number of hydrogen-bond acceptors (Lipinski definition) is 22. The summed E-state index contributed by atoms with van der Waals surface area (Å²) in [5.74, 6) is 45.2. The van der Waals surface area contributed by atoms with Crippen molar-refractivity contribution in [2.24, 2.45) is 82.0 Å². The highest BCUT2D eigenvalue weighted by atomic mass is 19.1. The van der Waals surface area contributed by atoms with Gasteiger partial charge in [0.15, 0.2) is 22.5 Å². The van der Waals surface area contributed by atoms with Gasteiger partial charge in [-0.05, 0) is 340 Å². The minimum absolute atomic E-state index is 0.00719. The van der Waals surface area contributed by atoms with Gasteiger partial charge in [0.25, 0.3) is 0 Å². The molecule has 0 saturated carbocycles. The molecule has 150 heavy (non-hydrogen) atoms. The van der Waals surface area contributed by atoms with E-state index in [1.807, 2.05) is 118 Å². The Bertz CT molecular complexity index is 4630. The Balaban J connectivity index is 0.000000560. The van der Waals surface area contributed by atoms with Crippen molar-refractivity contribution in [2.45, 2.75) is 386 Å². The summed E-state index contributed by atoms with van der Waals surface area (Å²) in [6.07, 6.45) is 11.9. The van der Waals surface area contributed by atoms with E-state index in [-0.39, 0.29) is 71.9 Å². The molecule has 0 radical (unpaired) electrons. The number of aliphatic carboxylic acids is 1. The number of nitrogens with two attached hydrogens (primary N) is 1. The summed E-state index contributed by atoms with van der Waals surface area (Å²) in [5, 5.41) is 21.1. The monoisotopic (exact) mass is 2100 g/mol. The molecule has 5 N–H and O–H groups in total. The van der Waals surface area contributed by atoms with Gasteiger partial charge in [0.05, 0.1) is 25.7 Å². The number of piperidine rings is 1. The first-order chi connectivity index (χ1) is 68.0. The number of amides is 1. The van der Waals surface area contributed by atoms with Gasteiger partial charge in [-0.2, -0.15) is 0 Å². The predicted molar refractivity (Wildman–Crippen MR) is 615 cm³/mol. The van der Waals surface area contributed by atoms with Crippen LogP contribution < -0.4 is 11.1 Å². The lowest BCUT2D eigenvalue weighted by Gasteiger charge is -2.53. The zero-order valence-corrected chi connectivity index (χ0v) is 104. The fraction of sp³-hybridized carbons (Fsp3) is 0.840. The molecule has 12 aliphatic rings. The molecule has 1 atom stereocenters. The average molecular weight is 2100 g/mol. The third-order valence-electron chi connectivity index (χ3n) is 26.7. The number of carboxylic acids is 1. The molecule has 12 saturated heterocycles. The lowest BCUT2D eigenvalue weighted by atomic mass is 9.72. The number of likely N-dealkylation sites (tertiary alicyclic amines) is 6. The maximum absolute atomic E-state index is 13.8. The SMILES string of the molecule is CC(=O)N1CC(O)(C#CC(C)(C)C)C1.CC(C)(C)C#CC(=O)O.CC(C)(C)CN1CC2(CCOCC2)C1.CC(C)(C)CN1CCC2(CCOCC2)CC1.CC(C)(C)N1CCC2(CCOCC2)C1.CC(C)N1CC(F)(C#CC(C)(C)C)C1.CC(C)[C@H](N)C(=O)OC1(C#CC(C)(C)C)COC1.CN1CCN(C(C)(C)C#CC(C)(C)C)CC1.COC(=O)C#CC(C)(C)C.COC1(C#CC(C)(C)C)CN(C)C1.COC1(C#CC(C)(C)C)CNC1. The van der Waals surface area contributed by atoms with E-state index in [1.165, 1.54) is 124 Å². The molecule has 858 valence electrons. The summed E-state index contributed by atoms with van der Waals surface area (Å²) in [4.78, 5) is 61.7. The molecule has 12 heterocycles. The summed E-state index contributed by atoms with van der Waals surface area (Å²) in [6.45, 7) is 110. The normalized spacial score (nSPS) is 21.2. The number of likely N-dealkylation sites (N-methyl/N-ethyl adjacent to an activating group) is 2. The van der Waals surface area contributed by atoms with Crippen molar-refractivity contribution >= 4 is 23.8 Å². The highest BCUT2D eigenvalue weighted by Gasteiger charge is 2.49. The number of ether oxygens (including phenoxy) is 8. The standard InChI is InChI=1S/C14H26N2.C14H23NO3.C14H27NO.C12H20FN.2C12H23NO.C11H17NO2.C11H19NO.C10H17NO.C8H12O2.C7H10O2/c1-13(2,3)7-8-14(4,5)16-11-9-15(6)10-12-16;1-10(2)11(15)12(16)18-14(8-17-9-14)7-6-13(3,4)5;1-13(2,3)12-15-8-4-14(5-9-15)6-10-16-11-7-14;1-10(2)14-8-12(13,9-14)7-6-11(3,4)5;1-11(2,3)13-7-4-12(10-13)5-8-14-9-6-12;1-11(2,3)8-13-9-12(10-13)4-6-14-7-5-12;1-9(13)12-7-11(14,8-12)6-5-10(2,3)4;1-10(2,3)6-7-11(13-5)8-12(4)9-11;1-9(2,3)5-6-10(12-4)7-11-8-10;1-8(2,3)6-5-7(9)10-4;1-7(2,3)5-4-6(8)9/h9-12H2,1-6H3;10-11H,8-9,15H2,1-5H3;4-12H2,1-3H3;10H,8-9H2,1-5H3;2*4-10H2,1-3H3;14H,7-8H2,1-4H3;8-9H2,1-5H3;11H,7-8H2,1-4H3;1-4H3;1-3H3,(H,8,9)/t;11-;;;;;;;;;/m.0........./s1. The van der Waals surface area contributed by atoms with Crippen LogP contribution in [0.5, 0.6) is 0 Å². The van der Waals surface area contributed by atoms with Gasteiger partial charge in [-0.1, -0.05) is 132 Å². The van der Waals surface area contributed by atoms with Crippen LogP contribution in [0.25, 0.3) is 0 Å². The van der Waals surface area contributed by atoms with Crippen molar-refractivity contribution in [3.05, 3.63) is 0 Å². The summed E-state index contributed by atoms with van der Waals surface area (Å²) in [7, 11) is 9.05. The van der Waals surface area contributed by atoms with Crippen molar-refractivity contribution < 1.29 is 71.7 Å². The second-order valence-electron chi connectivity index (χ2n) is 57.1. The Morgan fingerprint density at radius 3 is 1.12 bits per heavy atom. The van der Waals surface area contributed by atoms with Crippen LogP contribution in [0.2, 0.25) is 0 Å². The summed E-state index contributed by atoms with van der Waals surface area (Å²) in [6, 6.07) is -0.186. The number of carbonyl (C=O) groups excluding carboxylic acids is 3. The smallest absolute Gasteiger partial charge is 0.384 e. The number of nitrogens with one attached hydrogen (secondary N) is 1. The van der Waals surface area contributed by atoms with E-state index in [4.69, 9.17) is 44.0 Å². The molecule has 1 amide bonds. The van der Waals surface area contributed by atoms with Crippen LogP contribution >= 0.6 is 0 Å². The van der Waals surface area contributed by atoms with Gasteiger partial charge in [-0.15, -0.1) is 0 Å². The number of aliphatic hydroxyl groups is 1. The van der Waals surface area contributed by atoms with E-state index in [0.717, 1.165) is 92.0 Å². The third kappa shape index (κ3) is 59.2. The Kier molecular flexibility index (Phi) is 54.8. The number of rotatable bonds is 9. The van der Waals surface area contributed by atoms with Gasteiger partial charge in [0.2, 0.25) is 11.5 Å². The molecule has 0 aliphatic carbocycles. The van der Waals surface area contributed by atoms with Crippen LogP contribution in [-0.4, -0.2) is 344 Å². The second-order valence-corrected chi connectivity index (χ2v) is 57.1. The first-order valence-electron chi connectivity index (χ1n) is 55.5. The summed E-state index contributed by atoms with van der Waals surface area (Å²) in [5.41, 5.74) is 5.06. The van der Waals surface area contributed by atoms with Gasteiger partial charge in [0, 0.05) is 231 Å². The Hall–Kier alpha value is -6.35. The maximum atomic E-state index is 13.8. The Labute approximate surface area is 916 Å². The number of alkyl halides is 1. The highest BCUT2D eigenvalue weighted by Crippen LogP contribution is 2.45. The zero-order valence-electron chi connectivity index (χ0n) is 104. The fourth-order valence-electron chi connectivity index (χ4n) is 17.1. The van der Waals surface area contributed by atoms with E-state index in [1.54, 1.807) is 19.1 Å². The van der Waals surface area contributed by atoms with Gasteiger partial charge < -0.3 is 78.8 Å². The van der Waals surface area contributed by atoms with Gasteiger partial charge in [-0.25, -0.2) is 14.0 Å². The second kappa shape index (κ2) is 58.8. The van der Waals surface area contributed by atoms with E-state index in [0.29, 0.717) is 78.0 Å². The molecule has 12 fully saturated rings. The van der Waals surface area contributed by atoms with Crippen molar-refractivity contribution in [1.82, 2.24) is 44.5 Å². The predicted octanol–water partition coefficient (Wildman–Crippen LogP) is 18.6. The van der Waals surface area contributed by atoms with Crippen LogP contribution in [0, 0.1) is 171 Å². The molecule has 25 heteroatoms. The zero-order chi connectivity index (χ0) is 116. The number of carbonyl (C=O) groups is 4. The van der Waals surface area contributed by atoms with Crippen molar-refractivity contribution in [3.8, 4) is 94.7 Å². The number of carboxylic acid groups (broad SMARTS) is 1. The lowest BCUT2D eigenvalue weighted by Crippen LogP contribution is -2.62. The van der Waals surface area contributed by atoms with Crippen LogP contribution in [-0.2, 0) is 57.1 Å². The third-order valence-corrected chi connectivity index (χ3v) is 26.7.